The topological polar surface area (TPSA) is 38.7 Å². The summed E-state index contributed by atoms with van der Waals surface area (Å²) < 4.78 is 15.4. The monoisotopic (exact) mass is 681 g/mol. The summed E-state index contributed by atoms with van der Waals surface area (Å²) in [6.45, 7) is 35.5. The Morgan fingerprint density at radius 1 is 0.915 bits per heavy atom. The zero-order chi connectivity index (χ0) is 35.5. The first-order chi connectivity index (χ1) is 21.4. The summed E-state index contributed by atoms with van der Waals surface area (Å²) in [7, 11) is -4.27. The van der Waals surface area contributed by atoms with E-state index in [1.165, 1.54) is 31.3 Å². The minimum atomic E-state index is -2.15. The Kier molecular flexibility index (Phi) is 10.8. The highest BCUT2D eigenvalue weighted by molar-refractivity contribution is 6.74. The van der Waals surface area contributed by atoms with Crippen LogP contribution < -0.4 is 0 Å². The van der Waals surface area contributed by atoms with Crippen LogP contribution in [0.1, 0.15) is 140 Å². The van der Waals surface area contributed by atoms with E-state index in [2.05, 4.69) is 119 Å². The van der Waals surface area contributed by atoms with Gasteiger partial charge >= 0.3 is 0 Å². The molecule has 4 aliphatic rings. The molecule has 1 N–H and O–H groups in total. The molecule has 3 nitrogen and oxygen atoms in total. The van der Waals surface area contributed by atoms with Gasteiger partial charge in [0, 0.05) is 18.3 Å². The molecule has 4 aliphatic carbocycles. The molecule has 2 fully saturated rings. The fourth-order valence-electron chi connectivity index (χ4n) is 9.00. The first-order valence-electron chi connectivity index (χ1n) is 19.2. The number of allylic oxidation sites excluding steroid dienone is 5. The van der Waals surface area contributed by atoms with Crippen molar-refractivity contribution in [3.8, 4) is 11.8 Å². The predicted molar refractivity (Wildman–Crippen MR) is 206 cm³/mol. The van der Waals surface area contributed by atoms with Crippen molar-refractivity contribution in [2.24, 2.45) is 22.7 Å². The molecule has 4 rings (SSSR count). The smallest absolute Gasteiger partial charge is 0.192 e. The number of fused-ring (bicyclic) bond motifs is 5. The second kappa shape index (κ2) is 13.0. The van der Waals surface area contributed by atoms with Crippen molar-refractivity contribution >= 4 is 16.6 Å². The van der Waals surface area contributed by atoms with Crippen LogP contribution in [0.15, 0.2) is 34.9 Å². The van der Waals surface area contributed by atoms with E-state index in [1.807, 2.05) is 13.8 Å². The van der Waals surface area contributed by atoms with Gasteiger partial charge in [-0.2, -0.15) is 0 Å². The highest BCUT2D eigenvalue weighted by Crippen LogP contribution is 2.66. The molecule has 0 saturated heterocycles. The maximum atomic E-state index is 10.9. The highest BCUT2D eigenvalue weighted by Gasteiger charge is 2.61. The fourth-order valence-corrected chi connectivity index (χ4v) is 12.0. The van der Waals surface area contributed by atoms with Crippen LogP contribution in [0.3, 0.4) is 0 Å². The lowest BCUT2D eigenvalue weighted by Crippen LogP contribution is -2.62. The number of hydrogen-bond acceptors (Lipinski definition) is 3. The highest BCUT2D eigenvalue weighted by atomic mass is 28.4. The number of aliphatic hydroxyl groups is 1. The Balaban J connectivity index is 1.84. The van der Waals surface area contributed by atoms with Gasteiger partial charge in [0.1, 0.15) is 5.60 Å². The molecule has 0 unspecified atom stereocenters. The maximum Gasteiger partial charge on any atom is 0.192 e. The lowest BCUT2D eigenvalue weighted by Gasteiger charge is -2.61. The van der Waals surface area contributed by atoms with Crippen LogP contribution in [-0.2, 0) is 8.85 Å². The number of hydrogen-bond donors (Lipinski definition) is 1. The van der Waals surface area contributed by atoms with E-state index in [9.17, 15) is 5.11 Å². The molecule has 47 heavy (non-hydrogen) atoms. The van der Waals surface area contributed by atoms with E-state index < -0.39 is 22.2 Å². The van der Waals surface area contributed by atoms with Crippen molar-refractivity contribution in [1.29, 1.82) is 0 Å². The van der Waals surface area contributed by atoms with E-state index >= 15 is 0 Å². The van der Waals surface area contributed by atoms with Gasteiger partial charge in [-0.1, -0.05) is 117 Å². The Bertz CT molecular complexity index is 1320. The molecule has 0 bridgehead atoms. The first kappa shape index (κ1) is 38.9. The molecule has 5 heteroatoms. The van der Waals surface area contributed by atoms with Gasteiger partial charge in [0.2, 0.25) is 0 Å². The van der Waals surface area contributed by atoms with Crippen LogP contribution >= 0.6 is 0 Å². The largest absolute Gasteiger partial charge is 0.413 e. The van der Waals surface area contributed by atoms with Gasteiger partial charge in [0.25, 0.3) is 0 Å². The average molecular weight is 681 g/mol. The summed E-state index contributed by atoms with van der Waals surface area (Å²) in [4.78, 5) is 0. The molecular formula is C42H72O3Si2. The van der Waals surface area contributed by atoms with E-state index in [4.69, 9.17) is 8.85 Å². The molecule has 0 spiro atoms. The third kappa shape index (κ3) is 7.04. The summed E-state index contributed by atoms with van der Waals surface area (Å²) in [6, 6.07) is 0. The minimum Gasteiger partial charge on any atom is -0.413 e. The summed E-state index contributed by atoms with van der Waals surface area (Å²) in [5, 5.41) is 11.2. The molecule has 0 aromatic rings. The van der Waals surface area contributed by atoms with Gasteiger partial charge in [0.15, 0.2) is 16.6 Å². The van der Waals surface area contributed by atoms with Crippen LogP contribution in [0.25, 0.3) is 0 Å². The lowest BCUT2D eigenvalue weighted by molar-refractivity contribution is -0.0849. The van der Waals surface area contributed by atoms with Crippen molar-refractivity contribution in [1.82, 2.24) is 0 Å². The second-order valence-corrected chi connectivity index (χ2v) is 28.8. The Morgan fingerprint density at radius 2 is 1.53 bits per heavy atom. The molecule has 6 atom stereocenters. The molecule has 0 radical (unpaired) electrons. The fraction of sp³-hybridized carbons (Fsp3) is 0.810. The first-order valence-corrected chi connectivity index (χ1v) is 25.0. The van der Waals surface area contributed by atoms with E-state index in [0.29, 0.717) is 30.1 Å². The SMILES string of the molecule is CCC1=CC[C@H]2C3=CC=C4C[C@@](CCC#CC(O)(CC)CC)(O[Si](C)(C)C(C)(C)C)C[C@H](O[Si](C)(C)C(C)(C)C)[C@]4(C)[C@H]3CC[C@]12C. The molecule has 0 heterocycles. The van der Waals surface area contributed by atoms with Gasteiger partial charge < -0.3 is 14.0 Å². The quantitative estimate of drug-likeness (QED) is 0.150. The normalized spacial score (nSPS) is 33.1. The van der Waals surface area contributed by atoms with Gasteiger partial charge in [-0.3, -0.25) is 0 Å². The van der Waals surface area contributed by atoms with Gasteiger partial charge in [-0.25, -0.2) is 0 Å². The summed E-state index contributed by atoms with van der Waals surface area (Å²) in [5.74, 6) is 7.82. The van der Waals surface area contributed by atoms with Crippen LogP contribution in [0.2, 0.25) is 36.3 Å². The van der Waals surface area contributed by atoms with Gasteiger partial charge in [-0.05, 0) is 105 Å². The van der Waals surface area contributed by atoms with E-state index in [0.717, 1.165) is 25.7 Å². The molecule has 0 aliphatic heterocycles. The molecule has 0 aromatic carbocycles. The van der Waals surface area contributed by atoms with Crippen molar-refractivity contribution in [2.75, 3.05) is 0 Å². The summed E-state index contributed by atoms with van der Waals surface area (Å²) in [6.07, 6.45) is 17.4. The summed E-state index contributed by atoms with van der Waals surface area (Å²) in [5.41, 5.74) is 3.92. The Hall–Kier alpha value is -0.906. The van der Waals surface area contributed by atoms with Gasteiger partial charge in [-0.15, -0.1) is 5.92 Å². The van der Waals surface area contributed by atoms with Crippen LogP contribution in [-0.4, -0.2) is 39.0 Å². The van der Waals surface area contributed by atoms with Crippen LogP contribution in [0.5, 0.6) is 0 Å². The van der Waals surface area contributed by atoms with E-state index in [-0.39, 0.29) is 27.2 Å². The predicted octanol–water partition coefficient (Wildman–Crippen LogP) is 11.9. The summed E-state index contributed by atoms with van der Waals surface area (Å²) >= 11 is 0. The van der Waals surface area contributed by atoms with Crippen molar-refractivity contribution in [3.63, 3.8) is 0 Å². The Morgan fingerprint density at radius 3 is 2.09 bits per heavy atom. The molecule has 0 aromatic heterocycles. The zero-order valence-electron chi connectivity index (χ0n) is 33.3. The standard InChI is InChI=1S/C42H72O3Si2/c1-16-31-22-24-34-33-23-21-32-29-42(45-47(14,15)38(7,8)9,27-20-19-26-41(43,17-2)18-3)30-36(44-46(12,13)37(4,5)6)40(32,11)35(33)25-28-39(31,34)10/h21-23,34-36,43H,16-18,20,24-25,27-30H2,1-15H3/t34-,35-,36-,39+,40-,42+/m0/s1. The van der Waals surface area contributed by atoms with Gasteiger partial charge in [0.05, 0.1) is 11.7 Å². The molecule has 266 valence electrons. The number of rotatable bonds is 9. The molecule has 0 amide bonds. The van der Waals surface area contributed by atoms with Crippen molar-refractivity contribution in [2.45, 2.75) is 194 Å². The average Bonchev–Trinajstić information content (AvgIpc) is 3.31. The Labute approximate surface area is 293 Å². The second-order valence-electron chi connectivity index (χ2n) is 19.4. The molecular weight excluding hydrogens is 609 g/mol. The lowest BCUT2D eigenvalue weighted by atomic mass is 9.48. The van der Waals surface area contributed by atoms with Crippen molar-refractivity contribution in [3.05, 3.63) is 34.9 Å². The third-order valence-electron chi connectivity index (χ3n) is 14.6. The van der Waals surface area contributed by atoms with E-state index in [1.54, 1.807) is 11.1 Å². The van der Waals surface area contributed by atoms with Crippen LogP contribution in [0.4, 0.5) is 0 Å². The third-order valence-corrected chi connectivity index (χ3v) is 23.6. The minimum absolute atomic E-state index is 0.0491. The maximum absolute atomic E-state index is 10.9. The zero-order valence-corrected chi connectivity index (χ0v) is 35.3. The van der Waals surface area contributed by atoms with Crippen molar-refractivity contribution < 1.29 is 14.0 Å². The van der Waals surface area contributed by atoms with Crippen LogP contribution in [0, 0.1) is 34.5 Å². The molecule has 2 saturated carbocycles.